The molecule has 0 aliphatic heterocycles. The molecule has 0 bridgehead atoms. The predicted octanol–water partition coefficient (Wildman–Crippen LogP) is 3.55. The number of hydrogen-bond donors (Lipinski definition) is 1. The highest BCUT2D eigenvalue weighted by atomic mass is 32.1. The van der Waals surface area contributed by atoms with E-state index in [0.717, 1.165) is 19.0 Å². The summed E-state index contributed by atoms with van der Waals surface area (Å²) in [4.78, 5) is 5.80. The van der Waals surface area contributed by atoms with Crippen LogP contribution in [-0.2, 0) is 6.54 Å². The second kappa shape index (κ2) is 5.78. The number of aromatic nitrogens is 1. The van der Waals surface area contributed by atoms with Gasteiger partial charge in [0.1, 0.15) is 0 Å². The van der Waals surface area contributed by atoms with Crippen molar-refractivity contribution in [2.75, 3.05) is 6.54 Å². The molecule has 0 radical (unpaired) electrons. The molecule has 1 heterocycles. The molecular weight excluding hydrogens is 216 g/mol. The molecular formula is C13H22N2S. The lowest BCUT2D eigenvalue weighted by Crippen LogP contribution is -2.13. The molecule has 2 nitrogen and oxygen atoms in total. The SMILES string of the molecule is CC(C)c1ncc(CNCCCC2CC2)s1. The van der Waals surface area contributed by atoms with Gasteiger partial charge in [-0.2, -0.15) is 0 Å². The van der Waals surface area contributed by atoms with Crippen LogP contribution in [0.25, 0.3) is 0 Å². The maximum atomic E-state index is 4.43. The molecule has 1 aromatic heterocycles. The Bertz CT molecular complexity index is 315. The van der Waals surface area contributed by atoms with Crippen molar-refractivity contribution in [3.63, 3.8) is 0 Å². The third-order valence-electron chi connectivity index (χ3n) is 3.03. The number of nitrogens with zero attached hydrogens (tertiary/aromatic N) is 1. The fourth-order valence-electron chi connectivity index (χ4n) is 1.81. The molecule has 1 saturated carbocycles. The van der Waals surface area contributed by atoms with Crippen molar-refractivity contribution < 1.29 is 0 Å². The van der Waals surface area contributed by atoms with E-state index in [1.165, 1.54) is 35.6 Å². The number of hydrogen-bond acceptors (Lipinski definition) is 3. The fourth-order valence-corrected chi connectivity index (χ4v) is 2.69. The molecule has 1 aliphatic carbocycles. The summed E-state index contributed by atoms with van der Waals surface area (Å²) in [7, 11) is 0. The number of nitrogens with one attached hydrogen (secondary N) is 1. The number of thiazole rings is 1. The van der Waals surface area contributed by atoms with Gasteiger partial charge in [-0.3, -0.25) is 0 Å². The van der Waals surface area contributed by atoms with Gasteiger partial charge in [-0.25, -0.2) is 4.98 Å². The Kier molecular flexibility index (Phi) is 4.36. The molecule has 90 valence electrons. The molecule has 0 atom stereocenters. The van der Waals surface area contributed by atoms with Crippen LogP contribution in [0.5, 0.6) is 0 Å². The number of rotatable bonds is 7. The highest BCUT2D eigenvalue weighted by molar-refractivity contribution is 7.11. The van der Waals surface area contributed by atoms with E-state index in [2.05, 4.69) is 24.1 Å². The first-order valence-electron chi connectivity index (χ1n) is 6.41. The molecule has 1 aliphatic rings. The average Bonchev–Trinajstić information content (AvgIpc) is 2.94. The standard InChI is InChI=1S/C13H22N2S/c1-10(2)13-15-9-12(16-13)8-14-7-3-4-11-5-6-11/h9-11,14H,3-8H2,1-2H3. The fraction of sp³-hybridized carbons (Fsp3) is 0.769. The Labute approximate surface area is 102 Å². The molecule has 2 rings (SSSR count). The average molecular weight is 238 g/mol. The largest absolute Gasteiger partial charge is 0.312 e. The first-order valence-corrected chi connectivity index (χ1v) is 7.22. The van der Waals surface area contributed by atoms with Crippen LogP contribution in [0, 0.1) is 5.92 Å². The van der Waals surface area contributed by atoms with Gasteiger partial charge in [-0.05, 0) is 25.3 Å². The zero-order valence-electron chi connectivity index (χ0n) is 10.3. The molecule has 1 fully saturated rings. The topological polar surface area (TPSA) is 24.9 Å². The molecule has 0 saturated heterocycles. The minimum absolute atomic E-state index is 0.564. The van der Waals surface area contributed by atoms with Crippen molar-refractivity contribution in [1.82, 2.24) is 10.3 Å². The van der Waals surface area contributed by atoms with Gasteiger partial charge in [0, 0.05) is 23.5 Å². The zero-order valence-corrected chi connectivity index (χ0v) is 11.1. The molecule has 16 heavy (non-hydrogen) atoms. The van der Waals surface area contributed by atoms with E-state index in [1.807, 2.05) is 17.5 Å². The summed E-state index contributed by atoms with van der Waals surface area (Å²) >= 11 is 1.84. The van der Waals surface area contributed by atoms with E-state index in [-0.39, 0.29) is 0 Å². The Morgan fingerprint density at radius 3 is 2.94 bits per heavy atom. The maximum absolute atomic E-state index is 4.43. The van der Waals surface area contributed by atoms with Gasteiger partial charge in [0.2, 0.25) is 0 Å². The molecule has 0 unspecified atom stereocenters. The normalized spacial score (nSPS) is 15.9. The molecule has 0 aromatic carbocycles. The minimum atomic E-state index is 0.564. The van der Waals surface area contributed by atoms with Crippen LogP contribution in [0.15, 0.2) is 6.20 Å². The van der Waals surface area contributed by atoms with Gasteiger partial charge >= 0.3 is 0 Å². The van der Waals surface area contributed by atoms with Crippen LogP contribution in [0.4, 0.5) is 0 Å². The van der Waals surface area contributed by atoms with Crippen LogP contribution in [-0.4, -0.2) is 11.5 Å². The third-order valence-corrected chi connectivity index (χ3v) is 4.33. The van der Waals surface area contributed by atoms with E-state index in [9.17, 15) is 0 Å². The van der Waals surface area contributed by atoms with Gasteiger partial charge in [0.15, 0.2) is 0 Å². The van der Waals surface area contributed by atoms with E-state index in [1.54, 1.807) is 0 Å². The second-order valence-electron chi connectivity index (χ2n) is 5.08. The lowest BCUT2D eigenvalue weighted by atomic mass is 10.2. The quantitative estimate of drug-likeness (QED) is 0.735. The Balaban J connectivity index is 1.60. The minimum Gasteiger partial charge on any atom is -0.312 e. The van der Waals surface area contributed by atoms with Crippen molar-refractivity contribution in [1.29, 1.82) is 0 Å². The molecule has 1 N–H and O–H groups in total. The highest BCUT2D eigenvalue weighted by Crippen LogP contribution is 2.33. The zero-order chi connectivity index (χ0) is 11.4. The van der Waals surface area contributed by atoms with Crippen molar-refractivity contribution in [2.24, 2.45) is 5.92 Å². The van der Waals surface area contributed by atoms with Crippen LogP contribution < -0.4 is 5.32 Å². The highest BCUT2D eigenvalue weighted by Gasteiger charge is 2.19. The van der Waals surface area contributed by atoms with Gasteiger partial charge < -0.3 is 5.32 Å². The first-order chi connectivity index (χ1) is 7.75. The lowest BCUT2D eigenvalue weighted by Gasteiger charge is -2.01. The summed E-state index contributed by atoms with van der Waals surface area (Å²) in [5.74, 6) is 1.63. The van der Waals surface area contributed by atoms with E-state index in [0.29, 0.717) is 5.92 Å². The summed E-state index contributed by atoms with van der Waals surface area (Å²) in [5, 5.41) is 4.77. The molecule has 3 heteroatoms. The Hall–Kier alpha value is -0.410. The summed E-state index contributed by atoms with van der Waals surface area (Å²) in [5.41, 5.74) is 0. The van der Waals surface area contributed by atoms with Crippen LogP contribution in [0.1, 0.15) is 55.3 Å². The molecule has 1 aromatic rings. The van der Waals surface area contributed by atoms with Crippen LogP contribution >= 0.6 is 11.3 Å². The lowest BCUT2D eigenvalue weighted by molar-refractivity contribution is 0.596. The third kappa shape index (κ3) is 3.87. The first kappa shape index (κ1) is 12.1. The van der Waals surface area contributed by atoms with Crippen molar-refractivity contribution in [3.8, 4) is 0 Å². The Morgan fingerprint density at radius 1 is 1.50 bits per heavy atom. The predicted molar refractivity (Wildman–Crippen MR) is 69.9 cm³/mol. The summed E-state index contributed by atoms with van der Waals surface area (Å²) in [6.45, 7) is 6.55. The van der Waals surface area contributed by atoms with Crippen molar-refractivity contribution in [2.45, 2.75) is 52.0 Å². The summed E-state index contributed by atoms with van der Waals surface area (Å²) in [6, 6.07) is 0. The van der Waals surface area contributed by atoms with Crippen LogP contribution in [0.2, 0.25) is 0 Å². The van der Waals surface area contributed by atoms with Crippen molar-refractivity contribution >= 4 is 11.3 Å². The van der Waals surface area contributed by atoms with Gasteiger partial charge in [0.25, 0.3) is 0 Å². The molecule has 0 spiro atoms. The van der Waals surface area contributed by atoms with E-state index >= 15 is 0 Å². The summed E-state index contributed by atoms with van der Waals surface area (Å²) < 4.78 is 0. The Morgan fingerprint density at radius 2 is 2.31 bits per heavy atom. The smallest absolute Gasteiger partial charge is 0.0953 e. The monoisotopic (exact) mass is 238 g/mol. The van der Waals surface area contributed by atoms with Gasteiger partial charge in [-0.15, -0.1) is 11.3 Å². The van der Waals surface area contributed by atoms with E-state index in [4.69, 9.17) is 0 Å². The molecule has 0 amide bonds. The van der Waals surface area contributed by atoms with E-state index < -0.39 is 0 Å². The second-order valence-corrected chi connectivity index (χ2v) is 6.23. The van der Waals surface area contributed by atoms with Gasteiger partial charge in [0.05, 0.1) is 5.01 Å². The van der Waals surface area contributed by atoms with Crippen molar-refractivity contribution in [3.05, 3.63) is 16.1 Å². The van der Waals surface area contributed by atoms with Gasteiger partial charge in [-0.1, -0.05) is 26.7 Å². The van der Waals surface area contributed by atoms with Crippen LogP contribution in [0.3, 0.4) is 0 Å². The summed E-state index contributed by atoms with van der Waals surface area (Å²) in [6.07, 6.45) is 7.74. The maximum Gasteiger partial charge on any atom is 0.0953 e.